The number of carbonyl (C=O) groups excluding carboxylic acids is 3. The van der Waals surface area contributed by atoms with Gasteiger partial charge >= 0.3 is 0 Å². The molecule has 1 aromatic heterocycles. The highest BCUT2D eigenvalue weighted by molar-refractivity contribution is 7.91. The molecule has 0 bridgehead atoms. The Labute approximate surface area is 296 Å². The number of hydrogen-bond donors (Lipinski definition) is 2. The van der Waals surface area contributed by atoms with Crippen LogP contribution in [0.15, 0.2) is 48.6 Å². The van der Waals surface area contributed by atoms with Crippen molar-refractivity contribution < 1.29 is 36.7 Å². The highest BCUT2D eigenvalue weighted by Gasteiger charge is 2.62. The van der Waals surface area contributed by atoms with Gasteiger partial charge < -0.3 is 19.7 Å². The number of aryl methyl sites for hydroxylation is 1. The van der Waals surface area contributed by atoms with E-state index >= 15 is 0 Å². The molecule has 270 valence electrons. The molecule has 3 saturated carbocycles. The Kier molecular flexibility index (Phi) is 9.23. The number of rotatable bonds is 7. The first-order valence-electron chi connectivity index (χ1n) is 17.5. The van der Waals surface area contributed by atoms with Crippen molar-refractivity contribution >= 4 is 38.6 Å². The van der Waals surface area contributed by atoms with Crippen LogP contribution in [0.4, 0.5) is 4.39 Å². The lowest BCUT2D eigenvalue weighted by Gasteiger charge is -2.26. The Bertz CT molecular complexity index is 2020. The third-order valence-electron chi connectivity index (χ3n) is 10.6. The maximum absolute atomic E-state index is 14.2. The molecule has 5 atom stereocenters. The summed E-state index contributed by atoms with van der Waals surface area (Å²) in [5.41, 5.74) is 0.468. The molecular weight excluding hydrogens is 678 g/mol. The molecule has 2 aromatic carbocycles. The first kappa shape index (κ1) is 34.8. The summed E-state index contributed by atoms with van der Waals surface area (Å²) in [7, 11) is -0.556. The second-order valence-electron chi connectivity index (χ2n) is 14.2. The second-order valence-corrected chi connectivity index (χ2v) is 16.2. The number of halogens is 1. The first-order chi connectivity index (χ1) is 24.4. The molecule has 3 aliphatic carbocycles. The van der Waals surface area contributed by atoms with Crippen LogP contribution in [-0.4, -0.2) is 78.6 Å². The lowest BCUT2D eigenvalue weighted by molar-refractivity contribution is -0.140. The molecule has 51 heavy (non-hydrogen) atoms. The fourth-order valence-electron chi connectivity index (χ4n) is 7.37. The van der Waals surface area contributed by atoms with Gasteiger partial charge in [-0.3, -0.25) is 19.1 Å². The van der Waals surface area contributed by atoms with E-state index in [1.165, 1.54) is 12.1 Å². The minimum Gasteiger partial charge on any atom is -0.496 e. The molecule has 3 fully saturated rings. The van der Waals surface area contributed by atoms with Crippen molar-refractivity contribution in [2.75, 3.05) is 20.7 Å². The summed E-state index contributed by atoms with van der Waals surface area (Å²) < 4.78 is 53.6. The zero-order valence-electron chi connectivity index (χ0n) is 28.9. The highest BCUT2D eigenvalue weighted by Crippen LogP contribution is 2.47. The van der Waals surface area contributed by atoms with E-state index in [1.807, 2.05) is 19.1 Å². The van der Waals surface area contributed by atoms with Gasteiger partial charge in [-0.05, 0) is 94.7 Å². The summed E-state index contributed by atoms with van der Waals surface area (Å²) in [6, 6.07) is 9.39. The molecule has 3 aromatic rings. The van der Waals surface area contributed by atoms with Crippen LogP contribution in [0.25, 0.3) is 22.3 Å². The minimum absolute atomic E-state index is 0.154. The largest absolute Gasteiger partial charge is 0.496 e. The summed E-state index contributed by atoms with van der Waals surface area (Å²) in [4.78, 5) is 52.9. The topological polar surface area (TPSA) is 157 Å². The number of allylic oxidation sites excluding steroid dienone is 1. The number of amides is 3. The van der Waals surface area contributed by atoms with Crippen LogP contribution >= 0.6 is 0 Å². The zero-order chi connectivity index (χ0) is 36.1. The molecule has 7 rings (SSSR count). The third kappa shape index (κ3) is 6.89. The second kappa shape index (κ2) is 13.5. The Morgan fingerprint density at radius 2 is 1.80 bits per heavy atom. The van der Waals surface area contributed by atoms with Gasteiger partial charge in [-0.25, -0.2) is 17.8 Å². The number of fused-ring (bicyclic) bond motifs is 3. The predicted octanol–water partition coefficient (Wildman–Crippen LogP) is 4.21. The highest BCUT2D eigenvalue weighted by atomic mass is 32.2. The van der Waals surface area contributed by atoms with Crippen LogP contribution in [0.3, 0.4) is 0 Å². The number of sulfonamides is 1. The Morgan fingerprint density at radius 1 is 1.06 bits per heavy atom. The van der Waals surface area contributed by atoms with E-state index in [0.29, 0.717) is 47.4 Å². The standard InChI is InChI=1S/C37H42FN5O7S/c1-21-30(49-3)16-15-27-31(21)39-32(22-9-11-24(38)12-10-22)40-34(27)50-25-18-28-29(19-25)35(45)43(2)17-7-5-4-6-8-23-20-37(23,41-33(28)44)36(46)42-51(47,48)26-13-14-26/h6,8-12,15-16,23,25-26,28-29H,4-5,7,13-14,17-20H2,1-3H3,(H,41,44)(H,42,46)/t23-,25-,28-,29-,37-/m1/s1. The normalized spacial score (nSPS) is 26.9. The van der Waals surface area contributed by atoms with Crippen molar-refractivity contribution in [1.29, 1.82) is 0 Å². The lowest BCUT2D eigenvalue weighted by atomic mass is 9.93. The number of hydrogen-bond acceptors (Lipinski definition) is 9. The van der Waals surface area contributed by atoms with Crippen LogP contribution < -0.4 is 19.5 Å². The smallest absolute Gasteiger partial charge is 0.259 e. The van der Waals surface area contributed by atoms with Crippen molar-refractivity contribution in [1.82, 2.24) is 24.9 Å². The number of methoxy groups -OCH3 is 1. The van der Waals surface area contributed by atoms with E-state index in [4.69, 9.17) is 19.4 Å². The molecule has 0 radical (unpaired) electrons. The molecule has 3 amide bonds. The first-order valence-corrected chi connectivity index (χ1v) is 19.0. The number of benzene rings is 2. The average Bonchev–Trinajstić information content (AvgIpc) is 4.03. The van der Waals surface area contributed by atoms with Gasteiger partial charge in [0.05, 0.1) is 35.1 Å². The van der Waals surface area contributed by atoms with Gasteiger partial charge in [0, 0.05) is 30.6 Å². The number of nitrogens with one attached hydrogen (secondary N) is 2. The number of ether oxygens (including phenoxy) is 2. The third-order valence-corrected chi connectivity index (χ3v) is 12.5. The molecule has 4 aliphatic rings. The summed E-state index contributed by atoms with van der Waals surface area (Å²) in [5, 5.41) is 2.92. The molecule has 0 saturated heterocycles. The molecule has 12 nitrogen and oxygen atoms in total. The van der Waals surface area contributed by atoms with Crippen LogP contribution in [0.5, 0.6) is 11.6 Å². The van der Waals surface area contributed by atoms with Crippen molar-refractivity contribution in [2.45, 2.75) is 75.2 Å². The van der Waals surface area contributed by atoms with E-state index in [2.05, 4.69) is 10.0 Å². The van der Waals surface area contributed by atoms with E-state index in [1.54, 1.807) is 43.3 Å². The van der Waals surface area contributed by atoms with Crippen molar-refractivity contribution in [3.05, 3.63) is 59.9 Å². The zero-order valence-corrected chi connectivity index (χ0v) is 29.7. The van der Waals surface area contributed by atoms with E-state index in [0.717, 1.165) is 24.8 Å². The van der Waals surface area contributed by atoms with Gasteiger partial charge in [0.25, 0.3) is 5.91 Å². The van der Waals surface area contributed by atoms with Crippen molar-refractivity contribution in [2.24, 2.45) is 17.8 Å². The van der Waals surface area contributed by atoms with Gasteiger partial charge in [-0.1, -0.05) is 12.2 Å². The van der Waals surface area contributed by atoms with Crippen LogP contribution in [0, 0.1) is 30.5 Å². The van der Waals surface area contributed by atoms with Gasteiger partial charge in [-0.15, -0.1) is 0 Å². The molecule has 0 spiro atoms. The number of nitrogens with zero attached hydrogens (tertiary/aromatic N) is 3. The van der Waals surface area contributed by atoms with E-state index in [9.17, 15) is 27.2 Å². The quantitative estimate of drug-likeness (QED) is 0.342. The molecular formula is C37H42FN5O7S. The molecule has 2 N–H and O–H groups in total. The number of aromatic nitrogens is 2. The SMILES string of the molecule is COc1ccc2c(O[C@@H]3C[C@H]4C(=O)N[C@]5(C(=O)NS(=O)(=O)C6CC6)C[C@H]5C=CCCCCN(C)C(=O)[C@@H]4C3)nc(-c3ccc(F)cc3)nc2c1C. The van der Waals surface area contributed by atoms with Crippen LogP contribution in [0.1, 0.15) is 56.9 Å². The van der Waals surface area contributed by atoms with Crippen molar-refractivity contribution in [3.8, 4) is 23.0 Å². The summed E-state index contributed by atoms with van der Waals surface area (Å²) in [6.45, 7) is 2.39. The molecule has 0 unspecified atom stereocenters. The summed E-state index contributed by atoms with van der Waals surface area (Å²) >= 11 is 0. The predicted molar refractivity (Wildman–Crippen MR) is 187 cm³/mol. The maximum Gasteiger partial charge on any atom is 0.259 e. The molecule has 2 heterocycles. The van der Waals surface area contributed by atoms with E-state index < -0.39 is 56.4 Å². The van der Waals surface area contributed by atoms with Crippen LogP contribution in [0.2, 0.25) is 0 Å². The maximum atomic E-state index is 14.2. The fraction of sp³-hybridized carbons (Fsp3) is 0.486. The monoisotopic (exact) mass is 719 g/mol. The molecule has 1 aliphatic heterocycles. The summed E-state index contributed by atoms with van der Waals surface area (Å²) in [6.07, 6.45) is 7.15. The summed E-state index contributed by atoms with van der Waals surface area (Å²) in [5.74, 6) is -2.66. The Balaban J connectivity index is 1.21. The van der Waals surface area contributed by atoms with Crippen molar-refractivity contribution in [3.63, 3.8) is 0 Å². The molecule has 14 heteroatoms. The van der Waals surface area contributed by atoms with Gasteiger partial charge in [0.15, 0.2) is 5.82 Å². The Hall–Kier alpha value is -4.59. The minimum atomic E-state index is -3.85. The van der Waals surface area contributed by atoms with Crippen LogP contribution in [-0.2, 0) is 24.4 Å². The lowest BCUT2D eigenvalue weighted by Crippen LogP contribution is -2.54. The number of carbonyl (C=O) groups is 3. The van der Waals surface area contributed by atoms with Gasteiger partial charge in [0.1, 0.15) is 23.2 Å². The average molecular weight is 720 g/mol. The fourth-order valence-corrected chi connectivity index (χ4v) is 8.74. The van der Waals surface area contributed by atoms with E-state index in [-0.39, 0.29) is 37.0 Å². The van der Waals surface area contributed by atoms with Gasteiger partial charge in [0.2, 0.25) is 27.7 Å². The Morgan fingerprint density at radius 3 is 2.53 bits per heavy atom. The van der Waals surface area contributed by atoms with Gasteiger partial charge in [-0.2, -0.15) is 4.98 Å².